The van der Waals surface area contributed by atoms with E-state index in [1.165, 1.54) is 5.56 Å². The first-order chi connectivity index (χ1) is 12.7. The highest BCUT2D eigenvalue weighted by Gasteiger charge is 2.28. The van der Waals surface area contributed by atoms with Crippen LogP contribution in [0.15, 0.2) is 45.5 Å². The maximum Gasteiger partial charge on any atom is 0.321 e. The second-order valence-corrected chi connectivity index (χ2v) is 7.32. The zero-order valence-electron chi connectivity index (χ0n) is 14.5. The number of aryl methyl sites for hydroxylation is 1. The molecule has 7 heteroatoms. The highest BCUT2D eigenvalue weighted by atomic mass is 32.1. The van der Waals surface area contributed by atoms with Gasteiger partial charge in [-0.15, -0.1) is 10.2 Å². The van der Waals surface area contributed by atoms with E-state index in [4.69, 9.17) is 4.42 Å². The lowest BCUT2D eigenvalue weighted by atomic mass is 9.98. The van der Waals surface area contributed by atoms with E-state index in [1.807, 2.05) is 52.9 Å². The molecule has 2 amide bonds. The molecule has 0 saturated carbocycles. The Balaban J connectivity index is 1.42. The first kappa shape index (κ1) is 16.8. The number of hydrogen-bond acceptors (Lipinski definition) is 5. The van der Waals surface area contributed by atoms with E-state index in [0.29, 0.717) is 18.3 Å². The summed E-state index contributed by atoms with van der Waals surface area (Å²) in [6.07, 6.45) is 1.86. The highest BCUT2D eigenvalue weighted by molar-refractivity contribution is 7.08. The van der Waals surface area contributed by atoms with E-state index in [2.05, 4.69) is 15.5 Å². The van der Waals surface area contributed by atoms with Crippen LogP contribution in [0, 0.1) is 6.92 Å². The summed E-state index contributed by atoms with van der Waals surface area (Å²) in [6.45, 7) is 3.35. The molecule has 3 heterocycles. The molecule has 0 spiro atoms. The van der Waals surface area contributed by atoms with Crippen LogP contribution in [0.25, 0.3) is 11.5 Å². The Morgan fingerprint density at radius 3 is 2.88 bits per heavy atom. The van der Waals surface area contributed by atoms with E-state index in [1.54, 1.807) is 11.3 Å². The van der Waals surface area contributed by atoms with Gasteiger partial charge in [0.25, 0.3) is 0 Å². The lowest BCUT2D eigenvalue weighted by Gasteiger charge is -2.31. The van der Waals surface area contributed by atoms with Gasteiger partial charge in [-0.2, -0.15) is 11.3 Å². The molecule has 1 aliphatic rings. The lowest BCUT2D eigenvalue weighted by molar-refractivity contribution is 0.187. The van der Waals surface area contributed by atoms with E-state index >= 15 is 0 Å². The van der Waals surface area contributed by atoms with Crippen molar-refractivity contribution in [3.05, 3.63) is 52.5 Å². The normalized spacial score (nSPS) is 17.3. The zero-order valence-corrected chi connectivity index (χ0v) is 15.3. The van der Waals surface area contributed by atoms with Crippen molar-refractivity contribution in [1.29, 1.82) is 0 Å². The topological polar surface area (TPSA) is 71.3 Å². The molecule has 0 aliphatic carbocycles. The minimum Gasteiger partial charge on any atom is -0.420 e. The first-order valence-corrected chi connectivity index (χ1v) is 9.62. The van der Waals surface area contributed by atoms with Crippen LogP contribution in [-0.2, 0) is 0 Å². The molecule has 6 nitrogen and oxygen atoms in total. The molecule has 1 saturated heterocycles. The van der Waals surface area contributed by atoms with Crippen molar-refractivity contribution in [2.45, 2.75) is 25.7 Å². The molecular weight excluding hydrogens is 348 g/mol. The standard InChI is InChI=1S/C19H20N4O2S/c1-13-4-6-16(7-5-13)20-19(24)23-9-2-3-14(11-23)17-21-22-18(25-17)15-8-10-26-12-15/h4-8,10,12,14H,2-3,9,11H2,1H3,(H,20,24). The summed E-state index contributed by atoms with van der Waals surface area (Å²) in [5.74, 6) is 1.23. The van der Waals surface area contributed by atoms with Crippen LogP contribution >= 0.6 is 11.3 Å². The molecule has 0 radical (unpaired) electrons. The second-order valence-electron chi connectivity index (χ2n) is 6.54. The van der Waals surface area contributed by atoms with Gasteiger partial charge in [-0.25, -0.2) is 4.79 Å². The number of nitrogens with zero attached hydrogens (tertiary/aromatic N) is 3. The smallest absolute Gasteiger partial charge is 0.321 e. The summed E-state index contributed by atoms with van der Waals surface area (Å²) in [5, 5.41) is 15.3. The fourth-order valence-corrected chi connectivity index (χ4v) is 3.73. The van der Waals surface area contributed by atoms with Gasteiger partial charge in [-0.3, -0.25) is 0 Å². The second kappa shape index (κ2) is 7.29. The summed E-state index contributed by atoms with van der Waals surface area (Å²) < 4.78 is 5.85. The number of aromatic nitrogens is 2. The van der Waals surface area contributed by atoms with Crippen LogP contribution in [0.5, 0.6) is 0 Å². The quantitative estimate of drug-likeness (QED) is 0.738. The number of likely N-dealkylation sites (tertiary alicyclic amines) is 1. The third kappa shape index (κ3) is 3.62. The average Bonchev–Trinajstić information content (AvgIpc) is 3.35. The van der Waals surface area contributed by atoms with Crippen LogP contribution in [0.3, 0.4) is 0 Å². The van der Waals surface area contributed by atoms with Gasteiger partial charge in [0.1, 0.15) is 0 Å². The van der Waals surface area contributed by atoms with E-state index in [9.17, 15) is 4.79 Å². The van der Waals surface area contributed by atoms with Crippen LogP contribution in [0.2, 0.25) is 0 Å². The molecule has 1 aromatic carbocycles. The van der Waals surface area contributed by atoms with Crippen LogP contribution in [0.1, 0.15) is 30.2 Å². The van der Waals surface area contributed by atoms with Crippen molar-refractivity contribution in [3.63, 3.8) is 0 Å². The van der Waals surface area contributed by atoms with Gasteiger partial charge in [-0.1, -0.05) is 17.7 Å². The van der Waals surface area contributed by atoms with Crippen molar-refractivity contribution in [1.82, 2.24) is 15.1 Å². The fraction of sp³-hybridized carbons (Fsp3) is 0.316. The SMILES string of the molecule is Cc1ccc(NC(=O)N2CCCC(c3nnc(-c4ccsc4)o3)C2)cc1. The summed E-state index contributed by atoms with van der Waals surface area (Å²) in [5.41, 5.74) is 2.91. The predicted molar refractivity (Wildman–Crippen MR) is 101 cm³/mol. The summed E-state index contributed by atoms with van der Waals surface area (Å²) in [7, 11) is 0. The van der Waals surface area contributed by atoms with Gasteiger partial charge >= 0.3 is 6.03 Å². The maximum atomic E-state index is 12.6. The number of anilines is 1. The molecule has 1 N–H and O–H groups in total. The van der Waals surface area contributed by atoms with Crippen molar-refractivity contribution in [2.24, 2.45) is 0 Å². The van der Waals surface area contributed by atoms with Gasteiger partial charge < -0.3 is 14.6 Å². The van der Waals surface area contributed by atoms with E-state index in [0.717, 1.165) is 30.6 Å². The third-order valence-electron chi connectivity index (χ3n) is 4.57. The van der Waals surface area contributed by atoms with E-state index < -0.39 is 0 Å². The lowest BCUT2D eigenvalue weighted by Crippen LogP contribution is -2.41. The zero-order chi connectivity index (χ0) is 17.9. The van der Waals surface area contributed by atoms with Gasteiger partial charge in [0.05, 0.1) is 5.92 Å². The van der Waals surface area contributed by atoms with Gasteiger partial charge in [-0.05, 0) is 43.3 Å². The minimum absolute atomic E-state index is 0.0763. The Hall–Kier alpha value is -2.67. The van der Waals surface area contributed by atoms with E-state index in [-0.39, 0.29) is 11.9 Å². The van der Waals surface area contributed by atoms with Crippen LogP contribution in [0.4, 0.5) is 10.5 Å². The molecule has 1 unspecified atom stereocenters. The third-order valence-corrected chi connectivity index (χ3v) is 5.25. The summed E-state index contributed by atoms with van der Waals surface area (Å²) in [4.78, 5) is 14.4. The molecule has 2 aromatic heterocycles. The summed E-state index contributed by atoms with van der Waals surface area (Å²) >= 11 is 1.60. The molecule has 3 aromatic rings. The Morgan fingerprint density at radius 2 is 2.12 bits per heavy atom. The Labute approximate surface area is 155 Å². The van der Waals surface area contributed by atoms with Crippen LogP contribution < -0.4 is 5.32 Å². The molecule has 1 fully saturated rings. The maximum absolute atomic E-state index is 12.6. The minimum atomic E-state index is -0.0869. The number of piperidine rings is 1. The molecular formula is C19H20N4O2S. The predicted octanol–water partition coefficient (Wildman–Crippen LogP) is 4.52. The number of thiophene rings is 1. The Morgan fingerprint density at radius 1 is 1.27 bits per heavy atom. The van der Waals surface area contributed by atoms with Gasteiger partial charge in [0, 0.05) is 29.7 Å². The van der Waals surface area contributed by atoms with Crippen molar-refractivity contribution in [3.8, 4) is 11.5 Å². The molecule has 134 valence electrons. The van der Waals surface area contributed by atoms with Crippen molar-refractivity contribution >= 4 is 23.1 Å². The number of carbonyl (C=O) groups excluding carboxylic acids is 1. The van der Waals surface area contributed by atoms with Gasteiger partial charge in [0.15, 0.2) is 0 Å². The van der Waals surface area contributed by atoms with Gasteiger partial charge in [0.2, 0.25) is 11.8 Å². The molecule has 4 rings (SSSR count). The number of carbonyl (C=O) groups is 1. The molecule has 26 heavy (non-hydrogen) atoms. The number of amides is 2. The number of hydrogen-bond donors (Lipinski definition) is 1. The molecule has 0 bridgehead atoms. The number of benzene rings is 1. The number of rotatable bonds is 3. The number of urea groups is 1. The largest absolute Gasteiger partial charge is 0.420 e. The molecule has 1 aliphatic heterocycles. The highest BCUT2D eigenvalue weighted by Crippen LogP contribution is 2.29. The van der Waals surface area contributed by atoms with Crippen molar-refractivity contribution in [2.75, 3.05) is 18.4 Å². The van der Waals surface area contributed by atoms with Crippen molar-refractivity contribution < 1.29 is 9.21 Å². The first-order valence-electron chi connectivity index (χ1n) is 8.67. The fourth-order valence-electron chi connectivity index (χ4n) is 3.10. The summed E-state index contributed by atoms with van der Waals surface area (Å²) in [6, 6.07) is 9.68. The number of nitrogens with one attached hydrogen (secondary N) is 1. The van der Waals surface area contributed by atoms with Crippen LogP contribution in [-0.4, -0.2) is 34.2 Å². The Bertz CT molecular complexity index is 873. The monoisotopic (exact) mass is 368 g/mol. The molecule has 1 atom stereocenters. The Kier molecular flexibility index (Phi) is 4.71. The average molecular weight is 368 g/mol.